The Labute approximate surface area is 161 Å². The normalized spacial score (nSPS) is 11.8. The lowest BCUT2D eigenvalue weighted by molar-refractivity contribution is -0.119. The van der Waals surface area contributed by atoms with E-state index in [1.54, 1.807) is 12.1 Å². The summed E-state index contributed by atoms with van der Waals surface area (Å²) in [5, 5.41) is 12.3. The number of carboxylic acid groups (broad SMARTS) is 1. The fraction of sp³-hybridized carbons (Fsp3) is 0.391. The largest absolute Gasteiger partial charge is 0.478 e. The van der Waals surface area contributed by atoms with Crippen LogP contribution in [-0.4, -0.2) is 17.0 Å². The number of aryl methyl sites for hydroxylation is 2. The summed E-state index contributed by atoms with van der Waals surface area (Å²) in [5.74, 6) is -0.792. The van der Waals surface area contributed by atoms with Crippen LogP contribution in [0.3, 0.4) is 0 Å². The van der Waals surface area contributed by atoms with Crippen molar-refractivity contribution in [3.05, 3.63) is 65.2 Å². The molecule has 0 aromatic heterocycles. The first-order chi connectivity index (χ1) is 13.0. The summed E-state index contributed by atoms with van der Waals surface area (Å²) in [4.78, 5) is 23.4. The Morgan fingerprint density at radius 3 is 2.19 bits per heavy atom. The lowest BCUT2D eigenvalue weighted by Gasteiger charge is -2.14. The van der Waals surface area contributed by atoms with E-state index in [4.69, 9.17) is 0 Å². The van der Waals surface area contributed by atoms with E-state index in [2.05, 4.69) is 11.4 Å². The van der Waals surface area contributed by atoms with Crippen LogP contribution in [0.1, 0.15) is 61.0 Å². The topological polar surface area (TPSA) is 66.4 Å². The molecule has 0 spiro atoms. The van der Waals surface area contributed by atoms with Crippen LogP contribution in [0.5, 0.6) is 0 Å². The van der Waals surface area contributed by atoms with Crippen LogP contribution >= 0.6 is 0 Å². The number of hydrogen-bond acceptors (Lipinski definition) is 2. The monoisotopic (exact) mass is 367 g/mol. The van der Waals surface area contributed by atoms with E-state index in [9.17, 15) is 14.7 Å². The predicted molar refractivity (Wildman–Crippen MR) is 109 cm³/mol. The molecule has 1 unspecified atom stereocenters. The molecule has 4 heteroatoms. The fourth-order valence-electron chi connectivity index (χ4n) is 3.06. The van der Waals surface area contributed by atoms with E-state index in [0.29, 0.717) is 5.56 Å². The van der Waals surface area contributed by atoms with Crippen LogP contribution in [0.4, 0.5) is 5.69 Å². The molecule has 2 N–H and O–H groups in total. The maximum Gasteiger partial charge on any atom is 0.335 e. The maximum absolute atomic E-state index is 12.2. The van der Waals surface area contributed by atoms with E-state index in [0.717, 1.165) is 55.3 Å². The van der Waals surface area contributed by atoms with Crippen molar-refractivity contribution in [2.45, 2.75) is 52.4 Å². The molecule has 4 nitrogen and oxygen atoms in total. The van der Waals surface area contributed by atoms with E-state index in [-0.39, 0.29) is 11.8 Å². The number of carbonyl (C=O) groups excluding carboxylic acids is 1. The first-order valence-electron chi connectivity index (χ1n) is 9.73. The molecule has 0 aliphatic rings. The van der Waals surface area contributed by atoms with Crippen LogP contribution in [-0.2, 0) is 17.6 Å². The van der Waals surface area contributed by atoms with Gasteiger partial charge in [0.15, 0.2) is 0 Å². The molecule has 0 heterocycles. The van der Waals surface area contributed by atoms with Crippen molar-refractivity contribution in [3.63, 3.8) is 0 Å². The Balaban J connectivity index is 1.84. The Morgan fingerprint density at radius 2 is 1.52 bits per heavy atom. The third kappa shape index (κ3) is 6.24. The number of aromatic carboxylic acids is 1. The van der Waals surface area contributed by atoms with Crippen molar-refractivity contribution in [3.8, 4) is 0 Å². The zero-order valence-electron chi connectivity index (χ0n) is 16.2. The highest BCUT2D eigenvalue weighted by molar-refractivity contribution is 5.93. The van der Waals surface area contributed by atoms with Crippen molar-refractivity contribution in [1.82, 2.24) is 0 Å². The lowest BCUT2D eigenvalue weighted by atomic mass is 9.99. The zero-order chi connectivity index (χ0) is 19.6. The van der Waals surface area contributed by atoms with Crippen molar-refractivity contribution in [2.75, 3.05) is 5.32 Å². The van der Waals surface area contributed by atoms with Crippen LogP contribution in [0, 0.1) is 5.92 Å². The van der Waals surface area contributed by atoms with Gasteiger partial charge in [0, 0.05) is 11.6 Å². The highest BCUT2D eigenvalue weighted by atomic mass is 16.4. The minimum Gasteiger partial charge on any atom is -0.478 e. The second-order valence-electron chi connectivity index (χ2n) is 6.98. The Morgan fingerprint density at radius 1 is 0.926 bits per heavy atom. The third-order valence-corrected chi connectivity index (χ3v) is 4.98. The number of amides is 1. The molecule has 0 fully saturated rings. The number of para-hydroxylation sites is 1. The molecule has 0 saturated carbocycles. The van der Waals surface area contributed by atoms with Crippen LogP contribution in [0.15, 0.2) is 48.5 Å². The standard InChI is InChI=1S/C23H29NO3/c1-3-17(2)22(25)24-21-16-10-8-14-19(21)13-6-4-5-11-18-12-7-9-15-20(18)23(26)27/h7-10,12,14-17H,3-6,11,13H2,1-2H3,(H,24,25)(H,26,27). The summed E-state index contributed by atoms with van der Waals surface area (Å²) in [6, 6.07) is 15.2. The van der Waals surface area contributed by atoms with Gasteiger partial charge in [-0.05, 0) is 55.4 Å². The van der Waals surface area contributed by atoms with Gasteiger partial charge in [-0.25, -0.2) is 4.79 Å². The minimum absolute atomic E-state index is 0.00681. The van der Waals surface area contributed by atoms with Gasteiger partial charge in [-0.1, -0.05) is 56.7 Å². The summed E-state index contributed by atoms with van der Waals surface area (Å²) >= 11 is 0. The van der Waals surface area contributed by atoms with Gasteiger partial charge in [-0.2, -0.15) is 0 Å². The van der Waals surface area contributed by atoms with Gasteiger partial charge in [0.05, 0.1) is 5.56 Å². The van der Waals surface area contributed by atoms with Gasteiger partial charge >= 0.3 is 5.97 Å². The summed E-state index contributed by atoms with van der Waals surface area (Å²) in [7, 11) is 0. The number of rotatable bonds is 10. The molecule has 2 rings (SSSR count). The highest BCUT2D eigenvalue weighted by Gasteiger charge is 2.12. The van der Waals surface area contributed by atoms with Gasteiger partial charge < -0.3 is 10.4 Å². The number of unbranched alkanes of at least 4 members (excludes halogenated alkanes) is 2. The lowest BCUT2D eigenvalue weighted by Crippen LogP contribution is -2.20. The molecular formula is C23H29NO3. The Hall–Kier alpha value is -2.62. The smallest absolute Gasteiger partial charge is 0.335 e. The maximum atomic E-state index is 12.2. The molecule has 144 valence electrons. The fourth-order valence-corrected chi connectivity index (χ4v) is 3.06. The summed E-state index contributed by atoms with van der Waals surface area (Å²) in [5.41, 5.74) is 3.35. The molecule has 0 bridgehead atoms. The van der Waals surface area contributed by atoms with Crippen LogP contribution in [0.25, 0.3) is 0 Å². The zero-order valence-corrected chi connectivity index (χ0v) is 16.2. The van der Waals surface area contributed by atoms with E-state index < -0.39 is 5.97 Å². The Bertz CT molecular complexity index is 770. The average molecular weight is 367 g/mol. The van der Waals surface area contributed by atoms with Crippen LogP contribution in [0.2, 0.25) is 0 Å². The molecule has 2 aromatic carbocycles. The van der Waals surface area contributed by atoms with Gasteiger partial charge in [0.1, 0.15) is 0 Å². The van der Waals surface area contributed by atoms with Gasteiger partial charge in [0.25, 0.3) is 0 Å². The molecule has 27 heavy (non-hydrogen) atoms. The highest BCUT2D eigenvalue weighted by Crippen LogP contribution is 2.20. The van der Waals surface area contributed by atoms with Gasteiger partial charge in [0.2, 0.25) is 5.91 Å². The molecule has 1 amide bonds. The number of carbonyl (C=O) groups is 2. The first kappa shape index (κ1) is 20.7. The number of anilines is 1. The van der Waals surface area contributed by atoms with E-state index in [1.165, 1.54) is 0 Å². The number of nitrogens with one attached hydrogen (secondary N) is 1. The molecular weight excluding hydrogens is 338 g/mol. The molecule has 0 saturated heterocycles. The average Bonchev–Trinajstić information content (AvgIpc) is 2.68. The quantitative estimate of drug-likeness (QED) is 0.558. The van der Waals surface area contributed by atoms with E-state index >= 15 is 0 Å². The summed E-state index contributed by atoms with van der Waals surface area (Å²) < 4.78 is 0. The Kier molecular flexibility index (Phi) is 8.05. The molecule has 1 atom stereocenters. The number of carboxylic acids is 1. The second kappa shape index (κ2) is 10.5. The van der Waals surface area contributed by atoms with Crippen LogP contribution < -0.4 is 5.32 Å². The SMILES string of the molecule is CCC(C)C(=O)Nc1ccccc1CCCCCc1ccccc1C(=O)O. The second-order valence-corrected chi connectivity index (χ2v) is 6.98. The molecule has 2 aromatic rings. The number of hydrogen-bond donors (Lipinski definition) is 2. The summed E-state index contributed by atoms with van der Waals surface area (Å²) in [6.07, 6.45) is 5.47. The van der Waals surface area contributed by atoms with Crippen molar-refractivity contribution >= 4 is 17.6 Å². The van der Waals surface area contributed by atoms with Crippen molar-refractivity contribution in [1.29, 1.82) is 0 Å². The first-order valence-corrected chi connectivity index (χ1v) is 9.73. The molecule has 0 aliphatic heterocycles. The van der Waals surface area contributed by atoms with Crippen molar-refractivity contribution < 1.29 is 14.7 Å². The minimum atomic E-state index is -0.864. The molecule has 0 radical (unpaired) electrons. The van der Waals surface area contributed by atoms with E-state index in [1.807, 2.05) is 44.2 Å². The van der Waals surface area contributed by atoms with Gasteiger partial charge in [-0.3, -0.25) is 4.79 Å². The predicted octanol–water partition coefficient (Wildman–Crippen LogP) is 5.32. The third-order valence-electron chi connectivity index (χ3n) is 4.98. The van der Waals surface area contributed by atoms with Crippen molar-refractivity contribution in [2.24, 2.45) is 5.92 Å². The summed E-state index contributed by atoms with van der Waals surface area (Å²) in [6.45, 7) is 3.95. The number of benzene rings is 2. The molecule has 0 aliphatic carbocycles. The van der Waals surface area contributed by atoms with Gasteiger partial charge in [-0.15, -0.1) is 0 Å².